The van der Waals surface area contributed by atoms with E-state index in [-0.39, 0.29) is 30.3 Å². The molecule has 1 aliphatic rings. The fourth-order valence-corrected chi connectivity index (χ4v) is 3.16. The van der Waals surface area contributed by atoms with Crippen molar-refractivity contribution in [1.29, 1.82) is 0 Å². The second-order valence-electron chi connectivity index (χ2n) is 6.07. The third-order valence-corrected chi connectivity index (χ3v) is 4.43. The number of halogens is 1. The van der Waals surface area contributed by atoms with Gasteiger partial charge in [-0.1, -0.05) is 13.8 Å². The van der Waals surface area contributed by atoms with Gasteiger partial charge in [-0.15, -0.1) is 11.8 Å². The van der Waals surface area contributed by atoms with Gasteiger partial charge in [-0.3, -0.25) is 9.69 Å². The zero-order chi connectivity index (χ0) is 16.7. The number of thioether (sulfide) groups is 1. The van der Waals surface area contributed by atoms with Gasteiger partial charge in [0.15, 0.2) is 0 Å². The van der Waals surface area contributed by atoms with Crippen molar-refractivity contribution >= 4 is 17.7 Å². The number of carbonyl (C=O) groups is 1. The average molecular weight is 341 g/mol. The van der Waals surface area contributed by atoms with Crippen molar-refractivity contribution in [1.82, 2.24) is 4.90 Å². The maximum Gasteiger partial charge on any atom is 0.316 e. The Morgan fingerprint density at radius 3 is 2.87 bits per heavy atom. The van der Waals surface area contributed by atoms with Crippen LogP contribution in [0.2, 0.25) is 0 Å². The van der Waals surface area contributed by atoms with E-state index in [9.17, 15) is 9.18 Å². The highest BCUT2D eigenvalue weighted by Gasteiger charge is 2.22. The third-order valence-electron chi connectivity index (χ3n) is 3.45. The molecule has 0 bridgehead atoms. The number of hydrogen-bond donors (Lipinski definition) is 0. The number of ether oxygens (including phenoxy) is 2. The first-order valence-corrected chi connectivity index (χ1v) is 8.89. The van der Waals surface area contributed by atoms with Crippen LogP contribution in [0.4, 0.5) is 4.39 Å². The lowest BCUT2D eigenvalue weighted by atomic mass is 10.2. The molecule has 1 unspecified atom stereocenters. The van der Waals surface area contributed by atoms with Crippen LogP contribution in [0.1, 0.15) is 13.8 Å². The van der Waals surface area contributed by atoms with Gasteiger partial charge >= 0.3 is 5.97 Å². The first-order valence-electron chi connectivity index (χ1n) is 7.91. The van der Waals surface area contributed by atoms with Crippen molar-refractivity contribution in [2.75, 3.05) is 38.6 Å². The quantitative estimate of drug-likeness (QED) is 0.563. The van der Waals surface area contributed by atoms with Crippen LogP contribution in [-0.4, -0.2) is 55.6 Å². The van der Waals surface area contributed by atoms with E-state index in [0.29, 0.717) is 12.5 Å². The van der Waals surface area contributed by atoms with E-state index < -0.39 is 0 Å². The summed E-state index contributed by atoms with van der Waals surface area (Å²) in [6.07, 6.45) is -0.0535. The highest BCUT2D eigenvalue weighted by Crippen LogP contribution is 2.18. The van der Waals surface area contributed by atoms with Crippen LogP contribution >= 0.6 is 11.8 Å². The number of carbonyl (C=O) groups excluding carboxylic acids is 1. The summed E-state index contributed by atoms with van der Waals surface area (Å²) >= 11 is 1.34. The summed E-state index contributed by atoms with van der Waals surface area (Å²) in [4.78, 5) is 15.0. The molecule has 23 heavy (non-hydrogen) atoms. The molecule has 0 spiro atoms. The van der Waals surface area contributed by atoms with E-state index >= 15 is 0 Å². The minimum absolute atomic E-state index is 0.0535. The number of nitrogens with zero attached hydrogens (tertiary/aromatic N) is 1. The standard InChI is InChI=1S/C17H24FNO3S/c1-13(2)9-19-7-8-21-15(10-19)11-22-17(20)12-23-16-5-3-14(18)4-6-16/h3-6,13,15H,7-12H2,1-2H3. The lowest BCUT2D eigenvalue weighted by Crippen LogP contribution is -2.45. The second-order valence-corrected chi connectivity index (χ2v) is 7.12. The maximum absolute atomic E-state index is 12.8. The summed E-state index contributed by atoms with van der Waals surface area (Å²) in [5.41, 5.74) is 0. The number of hydrogen-bond acceptors (Lipinski definition) is 5. The lowest BCUT2D eigenvalue weighted by molar-refractivity contribution is -0.147. The molecular weight excluding hydrogens is 317 g/mol. The van der Waals surface area contributed by atoms with Crippen LogP contribution in [0, 0.1) is 11.7 Å². The van der Waals surface area contributed by atoms with Crippen molar-refractivity contribution in [2.24, 2.45) is 5.92 Å². The molecule has 0 aliphatic carbocycles. The molecule has 0 N–H and O–H groups in total. The fraction of sp³-hybridized carbons (Fsp3) is 0.588. The minimum Gasteiger partial charge on any atom is -0.462 e. The number of morpholine rings is 1. The fourth-order valence-electron chi connectivity index (χ4n) is 2.46. The van der Waals surface area contributed by atoms with Gasteiger partial charge in [0.1, 0.15) is 18.5 Å². The van der Waals surface area contributed by atoms with Gasteiger partial charge in [0.05, 0.1) is 12.4 Å². The monoisotopic (exact) mass is 341 g/mol. The Bertz CT molecular complexity index is 495. The summed E-state index contributed by atoms with van der Waals surface area (Å²) in [6.45, 7) is 8.12. The summed E-state index contributed by atoms with van der Waals surface area (Å²) in [5, 5.41) is 0. The van der Waals surface area contributed by atoms with Gasteiger partial charge < -0.3 is 9.47 Å². The molecule has 1 fully saturated rings. The van der Waals surface area contributed by atoms with Crippen LogP contribution in [0.3, 0.4) is 0 Å². The number of rotatable bonds is 7. The predicted octanol–water partition coefficient (Wildman–Crippen LogP) is 2.82. The molecule has 0 amide bonds. The summed E-state index contributed by atoms with van der Waals surface area (Å²) in [5.74, 6) is 0.276. The van der Waals surface area contributed by atoms with Gasteiger partial charge in [-0.05, 0) is 30.2 Å². The van der Waals surface area contributed by atoms with Gasteiger partial charge in [-0.25, -0.2) is 4.39 Å². The molecule has 6 heteroatoms. The van der Waals surface area contributed by atoms with E-state index in [0.717, 1.165) is 24.5 Å². The normalized spacial score (nSPS) is 19.0. The molecule has 1 aromatic rings. The maximum atomic E-state index is 12.8. The zero-order valence-corrected chi connectivity index (χ0v) is 14.5. The van der Waals surface area contributed by atoms with Crippen molar-refractivity contribution in [3.05, 3.63) is 30.1 Å². The SMILES string of the molecule is CC(C)CN1CCOC(COC(=O)CSc2ccc(F)cc2)C1. The largest absolute Gasteiger partial charge is 0.462 e. The highest BCUT2D eigenvalue weighted by atomic mass is 32.2. The molecule has 2 rings (SSSR count). The minimum atomic E-state index is -0.280. The van der Waals surface area contributed by atoms with Gasteiger partial charge in [0.2, 0.25) is 0 Å². The van der Waals surface area contributed by atoms with Crippen LogP contribution in [0.15, 0.2) is 29.2 Å². The van der Waals surface area contributed by atoms with Crippen molar-refractivity contribution in [3.63, 3.8) is 0 Å². The smallest absolute Gasteiger partial charge is 0.316 e. The predicted molar refractivity (Wildman–Crippen MR) is 89.1 cm³/mol. The summed E-state index contributed by atoms with van der Waals surface area (Å²) in [7, 11) is 0. The molecular formula is C17H24FNO3S. The van der Waals surface area contributed by atoms with E-state index in [1.165, 1.54) is 23.9 Å². The summed E-state index contributed by atoms with van der Waals surface area (Å²) in [6, 6.07) is 6.07. The van der Waals surface area contributed by atoms with Crippen molar-refractivity contribution in [3.8, 4) is 0 Å². The van der Waals surface area contributed by atoms with Crippen LogP contribution in [-0.2, 0) is 14.3 Å². The van der Waals surface area contributed by atoms with E-state index in [4.69, 9.17) is 9.47 Å². The topological polar surface area (TPSA) is 38.8 Å². The Morgan fingerprint density at radius 2 is 2.17 bits per heavy atom. The zero-order valence-electron chi connectivity index (χ0n) is 13.7. The molecule has 1 saturated heterocycles. The Hall–Kier alpha value is -1.11. The number of esters is 1. The van der Waals surface area contributed by atoms with Crippen LogP contribution in [0.25, 0.3) is 0 Å². The summed E-state index contributed by atoms with van der Waals surface area (Å²) < 4.78 is 23.7. The molecule has 1 heterocycles. The molecule has 1 atom stereocenters. The van der Waals surface area contributed by atoms with Crippen LogP contribution in [0.5, 0.6) is 0 Å². The first kappa shape index (κ1) is 18.2. The third kappa shape index (κ3) is 6.89. The van der Waals surface area contributed by atoms with Gasteiger partial charge in [-0.2, -0.15) is 0 Å². The first-order chi connectivity index (χ1) is 11.0. The molecule has 1 aromatic carbocycles. The van der Waals surface area contributed by atoms with Crippen molar-refractivity contribution < 1.29 is 18.7 Å². The Balaban J connectivity index is 1.66. The molecule has 128 valence electrons. The molecule has 4 nitrogen and oxygen atoms in total. The van der Waals surface area contributed by atoms with Gasteiger partial charge in [0.25, 0.3) is 0 Å². The molecule has 0 radical (unpaired) electrons. The molecule has 1 aliphatic heterocycles. The van der Waals surface area contributed by atoms with Crippen LogP contribution < -0.4 is 0 Å². The van der Waals surface area contributed by atoms with E-state index in [1.54, 1.807) is 12.1 Å². The van der Waals surface area contributed by atoms with E-state index in [1.807, 2.05) is 0 Å². The Kier molecular flexibility index (Phi) is 7.33. The lowest BCUT2D eigenvalue weighted by Gasteiger charge is -2.33. The average Bonchev–Trinajstić information content (AvgIpc) is 2.52. The van der Waals surface area contributed by atoms with Crippen molar-refractivity contribution in [2.45, 2.75) is 24.8 Å². The highest BCUT2D eigenvalue weighted by molar-refractivity contribution is 8.00. The van der Waals surface area contributed by atoms with Gasteiger partial charge in [0, 0.05) is 24.5 Å². The van der Waals surface area contributed by atoms with E-state index in [2.05, 4.69) is 18.7 Å². The second kappa shape index (κ2) is 9.25. The Morgan fingerprint density at radius 1 is 1.43 bits per heavy atom. The number of benzene rings is 1. The molecule has 0 saturated carbocycles. The molecule has 0 aromatic heterocycles. The Labute approximate surface area is 141 Å².